The molecule has 2 aromatic carbocycles. The van der Waals surface area contributed by atoms with Crippen molar-refractivity contribution in [1.29, 1.82) is 0 Å². The summed E-state index contributed by atoms with van der Waals surface area (Å²) in [4.78, 5) is 50.6. The molecule has 152 valence electrons. The number of amides is 2. The summed E-state index contributed by atoms with van der Waals surface area (Å²) in [6, 6.07) is 14.8. The number of hydrogen-bond acceptors (Lipinski definition) is 4. The minimum Gasteiger partial charge on any atom is -0.340 e. The molecule has 4 rings (SSSR count). The molecule has 2 N–H and O–H groups in total. The summed E-state index contributed by atoms with van der Waals surface area (Å²) >= 11 is 6.18. The average Bonchev–Trinajstić information content (AvgIpc) is 3.10. The zero-order chi connectivity index (χ0) is 21.3. The molecule has 3 aromatic rings. The number of H-pyrrole nitrogens is 1. The van der Waals surface area contributed by atoms with Crippen molar-refractivity contribution < 1.29 is 9.59 Å². The molecular weight excluding hydrogens is 408 g/mol. The molecule has 2 amide bonds. The maximum absolute atomic E-state index is 12.8. The Morgan fingerprint density at radius 3 is 2.63 bits per heavy atom. The van der Waals surface area contributed by atoms with Crippen molar-refractivity contribution in [3.63, 3.8) is 0 Å². The fourth-order valence-corrected chi connectivity index (χ4v) is 3.61. The predicted octanol–water partition coefficient (Wildman–Crippen LogP) is 1.71. The van der Waals surface area contributed by atoms with E-state index in [1.165, 1.54) is 6.07 Å². The van der Waals surface area contributed by atoms with Crippen LogP contribution >= 0.6 is 11.6 Å². The fourth-order valence-electron chi connectivity index (χ4n) is 3.37. The van der Waals surface area contributed by atoms with Crippen LogP contribution in [0.4, 0.5) is 5.69 Å². The van der Waals surface area contributed by atoms with Crippen LogP contribution in [0.3, 0.4) is 0 Å². The van der Waals surface area contributed by atoms with Crippen molar-refractivity contribution >= 4 is 29.1 Å². The second-order valence-electron chi connectivity index (χ2n) is 6.79. The lowest BCUT2D eigenvalue weighted by molar-refractivity contribution is -0.118. The highest BCUT2D eigenvalue weighted by Gasteiger charge is 2.34. The highest BCUT2D eigenvalue weighted by molar-refractivity contribution is 6.34. The van der Waals surface area contributed by atoms with Gasteiger partial charge in [0.05, 0.1) is 16.4 Å². The van der Waals surface area contributed by atoms with E-state index in [9.17, 15) is 19.2 Å². The Kier molecular flexibility index (Phi) is 5.24. The van der Waals surface area contributed by atoms with Crippen LogP contribution in [0.1, 0.15) is 16.8 Å². The molecule has 1 aliphatic rings. The number of halogens is 1. The van der Waals surface area contributed by atoms with Gasteiger partial charge >= 0.3 is 0 Å². The third-order valence-electron chi connectivity index (χ3n) is 4.84. The topological polar surface area (TPSA) is 104 Å². The number of benzene rings is 2. The Balaban J connectivity index is 1.53. The summed E-state index contributed by atoms with van der Waals surface area (Å²) in [6.45, 7) is 0.439. The van der Waals surface area contributed by atoms with E-state index in [1.807, 2.05) is 0 Å². The van der Waals surface area contributed by atoms with Gasteiger partial charge in [0.25, 0.3) is 17.0 Å². The SMILES string of the molecule is O=C(NC1CCN(c2ccccc2Cl)C1=O)c1cccc(-n2[nH]c(=O)ccc2=O)c1. The van der Waals surface area contributed by atoms with Crippen LogP contribution < -0.4 is 21.3 Å². The first-order valence-electron chi connectivity index (χ1n) is 9.23. The van der Waals surface area contributed by atoms with Gasteiger partial charge in [-0.15, -0.1) is 0 Å². The smallest absolute Gasteiger partial charge is 0.269 e. The molecule has 0 saturated carbocycles. The molecule has 8 nitrogen and oxygen atoms in total. The zero-order valence-electron chi connectivity index (χ0n) is 15.7. The molecule has 1 atom stereocenters. The van der Waals surface area contributed by atoms with E-state index < -0.39 is 23.1 Å². The van der Waals surface area contributed by atoms with Gasteiger partial charge in [-0.05, 0) is 36.8 Å². The van der Waals surface area contributed by atoms with Gasteiger partial charge in [0.15, 0.2) is 0 Å². The summed E-state index contributed by atoms with van der Waals surface area (Å²) < 4.78 is 1.05. The van der Waals surface area contributed by atoms with Crippen LogP contribution in [0.2, 0.25) is 5.02 Å². The third kappa shape index (κ3) is 3.77. The molecule has 2 heterocycles. The van der Waals surface area contributed by atoms with Crippen LogP contribution in [0, 0.1) is 0 Å². The maximum atomic E-state index is 12.8. The Labute approximate surface area is 175 Å². The van der Waals surface area contributed by atoms with E-state index in [4.69, 9.17) is 11.6 Å². The number of aromatic amines is 1. The number of nitrogens with zero attached hydrogens (tertiary/aromatic N) is 2. The van der Waals surface area contributed by atoms with Gasteiger partial charge in [-0.3, -0.25) is 24.3 Å². The standard InChI is InChI=1S/C21H17ClN4O4/c22-15-6-1-2-7-17(15)25-11-10-16(21(25)30)23-20(29)13-4-3-5-14(12-13)26-19(28)9-8-18(27)24-26/h1-9,12,16H,10-11H2,(H,23,29)(H,24,27). The molecule has 0 radical (unpaired) electrons. The fraction of sp³-hybridized carbons (Fsp3) is 0.143. The van der Waals surface area contributed by atoms with Crippen LogP contribution in [0.25, 0.3) is 5.69 Å². The van der Waals surface area contributed by atoms with Gasteiger partial charge in [0.1, 0.15) is 6.04 Å². The van der Waals surface area contributed by atoms with E-state index >= 15 is 0 Å². The van der Waals surface area contributed by atoms with Crippen LogP contribution in [-0.4, -0.2) is 34.2 Å². The summed E-state index contributed by atoms with van der Waals surface area (Å²) in [6.07, 6.45) is 0.445. The normalized spacial score (nSPS) is 16.0. The van der Waals surface area contributed by atoms with Crippen molar-refractivity contribution in [2.75, 3.05) is 11.4 Å². The first-order valence-corrected chi connectivity index (χ1v) is 9.61. The average molecular weight is 425 g/mol. The first-order chi connectivity index (χ1) is 14.4. The highest BCUT2D eigenvalue weighted by Crippen LogP contribution is 2.29. The van der Waals surface area contributed by atoms with E-state index in [2.05, 4.69) is 10.4 Å². The maximum Gasteiger partial charge on any atom is 0.269 e. The second-order valence-corrected chi connectivity index (χ2v) is 7.20. The Morgan fingerprint density at radius 1 is 1.03 bits per heavy atom. The lowest BCUT2D eigenvalue weighted by atomic mass is 10.1. The molecule has 0 spiro atoms. The van der Waals surface area contributed by atoms with Gasteiger partial charge in [0.2, 0.25) is 5.91 Å². The number of para-hydroxylation sites is 1. The van der Waals surface area contributed by atoms with E-state index in [1.54, 1.807) is 47.4 Å². The lowest BCUT2D eigenvalue weighted by Crippen LogP contribution is -2.41. The minimum absolute atomic E-state index is 0.240. The van der Waals surface area contributed by atoms with Gasteiger partial charge in [-0.2, -0.15) is 0 Å². The van der Waals surface area contributed by atoms with Crippen molar-refractivity contribution in [1.82, 2.24) is 15.1 Å². The predicted molar refractivity (Wildman–Crippen MR) is 112 cm³/mol. The number of carbonyl (C=O) groups excluding carboxylic acids is 2. The number of carbonyl (C=O) groups is 2. The Morgan fingerprint density at radius 2 is 1.83 bits per heavy atom. The molecule has 1 fully saturated rings. The van der Waals surface area contributed by atoms with Crippen molar-refractivity contribution in [3.05, 3.63) is 92.0 Å². The summed E-state index contributed by atoms with van der Waals surface area (Å²) in [5.74, 6) is -0.696. The van der Waals surface area contributed by atoms with E-state index in [0.29, 0.717) is 29.4 Å². The third-order valence-corrected chi connectivity index (χ3v) is 5.16. The number of anilines is 1. The molecule has 9 heteroatoms. The summed E-state index contributed by atoms with van der Waals surface area (Å²) in [5, 5.41) is 5.61. The van der Waals surface area contributed by atoms with Crippen molar-refractivity contribution in [2.45, 2.75) is 12.5 Å². The molecule has 0 aliphatic carbocycles. The number of rotatable bonds is 4. The largest absolute Gasteiger partial charge is 0.340 e. The first kappa shape index (κ1) is 19.7. The van der Waals surface area contributed by atoms with Gasteiger partial charge in [-0.1, -0.05) is 29.8 Å². The Hall–Kier alpha value is -3.65. The monoisotopic (exact) mass is 424 g/mol. The van der Waals surface area contributed by atoms with Gasteiger partial charge in [0, 0.05) is 24.2 Å². The minimum atomic E-state index is -0.684. The quantitative estimate of drug-likeness (QED) is 0.665. The van der Waals surface area contributed by atoms with Crippen molar-refractivity contribution in [3.8, 4) is 5.69 Å². The molecule has 1 saturated heterocycles. The molecule has 1 aliphatic heterocycles. The lowest BCUT2D eigenvalue weighted by Gasteiger charge is -2.18. The summed E-state index contributed by atoms with van der Waals surface area (Å²) in [5.41, 5.74) is 0.318. The molecule has 1 aromatic heterocycles. The van der Waals surface area contributed by atoms with E-state index in [0.717, 1.165) is 16.8 Å². The van der Waals surface area contributed by atoms with Gasteiger partial charge < -0.3 is 10.2 Å². The molecular formula is C21H17ClN4O4. The molecule has 1 unspecified atom stereocenters. The second kappa shape index (κ2) is 8.00. The summed E-state index contributed by atoms with van der Waals surface area (Å²) in [7, 11) is 0. The van der Waals surface area contributed by atoms with Crippen molar-refractivity contribution in [2.24, 2.45) is 0 Å². The Bertz CT molecular complexity index is 1250. The van der Waals surface area contributed by atoms with Crippen LogP contribution in [0.15, 0.2) is 70.3 Å². The zero-order valence-corrected chi connectivity index (χ0v) is 16.4. The number of aromatic nitrogens is 2. The van der Waals surface area contributed by atoms with Crippen LogP contribution in [0.5, 0.6) is 0 Å². The van der Waals surface area contributed by atoms with E-state index in [-0.39, 0.29) is 11.5 Å². The number of nitrogens with one attached hydrogen (secondary N) is 2. The number of hydrogen-bond donors (Lipinski definition) is 2. The van der Waals surface area contributed by atoms with Crippen LogP contribution in [-0.2, 0) is 4.79 Å². The van der Waals surface area contributed by atoms with Gasteiger partial charge in [-0.25, -0.2) is 4.68 Å². The molecule has 0 bridgehead atoms. The highest BCUT2D eigenvalue weighted by atomic mass is 35.5. The molecule has 30 heavy (non-hydrogen) atoms.